The van der Waals surface area contributed by atoms with Gasteiger partial charge in [-0.15, -0.1) is 11.3 Å². The molecule has 2 atom stereocenters. The summed E-state index contributed by atoms with van der Waals surface area (Å²) >= 11 is 3.49. The van der Waals surface area contributed by atoms with Crippen molar-refractivity contribution in [3.63, 3.8) is 0 Å². The molecule has 3 aromatic heterocycles. The third-order valence-corrected chi connectivity index (χ3v) is 7.77. The van der Waals surface area contributed by atoms with Gasteiger partial charge in [0.2, 0.25) is 0 Å². The van der Waals surface area contributed by atoms with E-state index in [0.717, 1.165) is 18.7 Å². The zero-order valence-corrected chi connectivity index (χ0v) is 18.6. The zero-order valence-electron chi connectivity index (χ0n) is 17.0. The highest BCUT2D eigenvalue weighted by atomic mass is 32.1. The molecule has 30 heavy (non-hydrogen) atoms. The molecule has 0 unspecified atom stereocenters. The van der Waals surface area contributed by atoms with Crippen molar-refractivity contribution in [1.29, 1.82) is 0 Å². The summed E-state index contributed by atoms with van der Waals surface area (Å²) in [6.07, 6.45) is 3.67. The fourth-order valence-electron chi connectivity index (χ4n) is 4.67. The zero-order chi connectivity index (χ0) is 20.6. The van der Waals surface area contributed by atoms with Crippen molar-refractivity contribution >= 4 is 28.6 Å². The fraction of sp³-hybridized carbons (Fsp3) is 0.391. The number of thiophene rings is 2. The van der Waals surface area contributed by atoms with Crippen LogP contribution in [0.4, 0.5) is 0 Å². The Morgan fingerprint density at radius 2 is 2.20 bits per heavy atom. The number of aromatic nitrogens is 1. The van der Waals surface area contributed by atoms with Crippen LogP contribution in [0.3, 0.4) is 0 Å². The Bertz CT molecular complexity index is 1000. The summed E-state index contributed by atoms with van der Waals surface area (Å²) in [6, 6.07) is 10.5. The predicted octanol–water partition coefficient (Wildman–Crippen LogP) is 3.91. The lowest BCUT2D eigenvalue weighted by molar-refractivity contribution is -0.173. The number of pyridine rings is 1. The summed E-state index contributed by atoms with van der Waals surface area (Å²) in [5.41, 5.74) is 1.42. The van der Waals surface area contributed by atoms with Crippen molar-refractivity contribution < 1.29 is 9.53 Å². The molecule has 5 heterocycles. The number of rotatable bonds is 5. The van der Waals surface area contributed by atoms with Crippen LogP contribution in [0.2, 0.25) is 0 Å². The molecular formula is C23H25N3O2S2. The number of hydrogen-bond donors (Lipinski definition) is 0. The first-order valence-corrected chi connectivity index (χ1v) is 12.0. The number of likely N-dealkylation sites (tertiary alicyclic amines) is 1. The van der Waals surface area contributed by atoms with Crippen molar-refractivity contribution in [3.05, 3.63) is 74.4 Å². The Morgan fingerprint density at radius 1 is 1.27 bits per heavy atom. The molecule has 2 saturated heterocycles. The highest BCUT2D eigenvalue weighted by Crippen LogP contribution is 2.42. The second-order valence-corrected chi connectivity index (χ2v) is 10.3. The van der Waals surface area contributed by atoms with Crippen LogP contribution < -0.4 is 0 Å². The summed E-state index contributed by atoms with van der Waals surface area (Å²) in [5.74, 6) is 0.0868. The van der Waals surface area contributed by atoms with E-state index in [1.165, 1.54) is 15.3 Å². The molecule has 0 bridgehead atoms. The summed E-state index contributed by atoms with van der Waals surface area (Å²) in [4.78, 5) is 25.1. The molecule has 0 radical (unpaired) electrons. The van der Waals surface area contributed by atoms with Crippen LogP contribution in [0.15, 0.2) is 53.5 Å². The quantitative estimate of drug-likeness (QED) is 0.605. The van der Waals surface area contributed by atoms with Gasteiger partial charge in [-0.05, 0) is 53.1 Å². The lowest BCUT2D eigenvalue weighted by Crippen LogP contribution is -2.59. The van der Waals surface area contributed by atoms with E-state index in [9.17, 15) is 4.79 Å². The molecule has 5 nitrogen and oxygen atoms in total. The average Bonchev–Trinajstić information content (AvgIpc) is 3.48. The summed E-state index contributed by atoms with van der Waals surface area (Å²) in [6.45, 7) is 6.24. The Morgan fingerprint density at radius 3 is 2.93 bits per heavy atom. The van der Waals surface area contributed by atoms with Crippen LogP contribution in [0.25, 0.3) is 0 Å². The van der Waals surface area contributed by atoms with Gasteiger partial charge in [0.15, 0.2) is 5.60 Å². The number of carbonyl (C=O) groups is 1. The smallest absolute Gasteiger partial charge is 0.257 e. The maximum Gasteiger partial charge on any atom is 0.257 e. The third kappa shape index (κ3) is 3.71. The molecular weight excluding hydrogens is 414 g/mol. The molecule has 0 aliphatic carbocycles. The largest absolute Gasteiger partial charge is 0.361 e. The topological polar surface area (TPSA) is 45.7 Å². The van der Waals surface area contributed by atoms with Crippen molar-refractivity contribution in [2.75, 3.05) is 26.2 Å². The Hall–Kier alpha value is -2.06. The van der Waals surface area contributed by atoms with Crippen LogP contribution in [0, 0.1) is 6.92 Å². The Balaban J connectivity index is 1.45. The highest BCUT2D eigenvalue weighted by molar-refractivity contribution is 7.11. The second-order valence-electron chi connectivity index (χ2n) is 8.12. The molecule has 3 aromatic rings. The van der Waals surface area contributed by atoms with Gasteiger partial charge in [0.05, 0.1) is 6.61 Å². The van der Waals surface area contributed by atoms with Gasteiger partial charge in [-0.1, -0.05) is 6.07 Å². The van der Waals surface area contributed by atoms with E-state index in [1.54, 1.807) is 17.5 Å². The minimum atomic E-state index is -0.844. The number of aryl methyl sites for hydroxylation is 1. The van der Waals surface area contributed by atoms with Crippen LogP contribution in [-0.4, -0.2) is 52.5 Å². The van der Waals surface area contributed by atoms with E-state index in [2.05, 4.69) is 51.8 Å². The molecule has 156 valence electrons. The number of carbonyl (C=O) groups excluding carboxylic acids is 1. The van der Waals surface area contributed by atoms with Crippen molar-refractivity contribution in [2.24, 2.45) is 0 Å². The maximum absolute atomic E-state index is 13.8. The van der Waals surface area contributed by atoms with Crippen molar-refractivity contribution in [2.45, 2.75) is 31.5 Å². The molecule has 5 rings (SSSR count). The van der Waals surface area contributed by atoms with E-state index in [-0.39, 0.29) is 11.8 Å². The lowest BCUT2D eigenvalue weighted by Gasteiger charge is -2.42. The minimum Gasteiger partial charge on any atom is -0.361 e. The average molecular weight is 440 g/mol. The monoisotopic (exact) mass is 439 g/mol. The van der Waals surface area contributed by atoms with E-state index < -0.39 is 5.60 Å². The number of hydrogen-bond acceptors (Lipinski definition) is 6. The SMILES string of the molecule is Cc1ccc(CN2C[C@H](c3cccnc3)[C@]3(C2)OCCN(Cc2ccsc2)C3=O)s1. The number of morpholine rings is 1. The Kier molecular flexibility index (Phi) is 5.45. The van der Waals surface area contributed by atoms with Crippen molar-refractivity contribution in [1.82, 2.24) is 14.8 Å². The molecule has 1 amide bonds. The molecule has 2 aliphatic heterocycles. The number of amides is 1. The standard InChI is InChI=1S/C23H25N3O2S2/c1-17-4-5-20(30-17)13-25-14-21(19-3-2-7-24-11-19)23(16-25)22(27)26(8-9-28-23)12-18-6-10-29-15-18/h2-7,10-11,15,21H,8-9,12-14,16H2,1H3/t21-,23+/m1/s1. The number of ether oxygens (including phenoxy) is 1. The van der Waals surface area contributed by atoms with E-state index in [4.69, 9.17) is 4.74 Å². The first-order valence-electron chi connectivity index (χ1n) is 10.3. The molecule has 0 aromatic carbocycles. The first-order chi connectivity index (χ1) is 14.6. The third-order valence-electron chi connectivity index (χ3n) is 6.05. The van der Waals surface area contributed by atoms with Gasteiger partial charge in [0, 0.05) is 60.8 Å². The summed E-state index contributed by atoms with van der Waals surface area (Å²) < 4.78 is 6.37. The summed E-state index contributed by atoms with van der Waals surface area (Å²) in [5, 5.41) is 4.18. The second kappa shape index (κ2) is 8.23. The molecule has 2 aliphatic rings. The fourth-order valence-corrected chi connectivity index (χ4v) is 6.26. The van der Waals surface area contributed by atoms with Gasteiger partial charge in [-0.2, -0.15) is 11.3 Å². The van der Waals surface area contributed by atoms with Gasteiger partial charge in [0.1, 0.15) is 0 Å². The molecule has 2 fully saturated rings. The lowest BCUT2D eigenvalue weighted by atomic mass is 9.83. The summed E-state index contributed by atoms with van der Waals surface area (Å²) in [7, 11) is 0. The maximum atomic E-state index is 13.8. The molecule has 0 N–H and O–H groups in total. The van der Waals surface area contributed by atoms with Gasteiger partial charge in [0.25, 0.3) is 5.91 Å². The molecule has 7 heteroatoms. The van der Waals surface area contributed by atoms with Gasteiger partial charge < -0.3 is 9.64 Å². The first kappa shape index (κ1) is 19.9. The van der Waals surface area contributed by atoms with Crippen LogP contribution >= 0.6 is 22.7 Å². The van der Waals surface area contributed by atoms with Gasteiger partial charge in [-0.25, -0.2) is 0 Å². The number of nitrogens with zero attached hydrogens (tertiary/aromatic N) is 3. The van der Waals surface area contributed by atoms with E-state index in [0.29, 0.717) is 26.2 Å². The van der Waals surface area contributed by atoms with E-state index >= 15 is 0 Å². The van der Waals surface area contributed by atoms with Crippen LogP contribution in [0.5, 0.6) is 0 Å². The van der Waals surface area contributed by atoms with Gasteiger partial charge >= 0.3 is 0 Å². The van der Waals surface area contributed by atoms with Crippen LogP contribution in [0.1, 0.15) is 26.8 Å². The Labute approximate surface area is 184 Å². The molecule has 0 saturated carbocycles. The van der Waals surface area contributed by atoms with Gasteiger partial charge in [-0.3, -0.25) is 14.7 Å². The predicted molar refractivity (Wildman–Crippen MR) is 120 cm³/mol. The highest BCUT2D eigenvalue weighted by Gasteiger charge is 2.57. The van der Waals surface area contributed by atoms with Crippen LogP contribution in [-0.2, 0) is 22.6 Å². The van der Waals surface area contributed by atoms with E-state index in [1.807, 2.05) is 28.5 Å². The van der Waals surface area contributed by atoms with Crippen molar-refractivity contribution in [3.8, 4) is 0 Å². The minimum absolute atomic E-state index is 0.0231. The normalized spacial score (nSPS) is 24.8. The molecule has 1 spiro atoms.